The zero-order valence-corrected chi connectivity index (χ0v) is 61.3. The van der Waals surface area contributed by atoms with Crippen LogP contribution in [0.5, 0.6) is 0 Å². The number of aliphatic hydroxyl groups excluding tert-OH is 1. The number of nitrogens with one attached hydrogen (secondary N) is 3. The Balaban J connectivity index is 0.832. The normalized spacial score (nSPS) is 26.8. The molecule has 1 unspecified atom stereocenters. The lowest BCUT2D eigenvalue weighted by Gasteiger charge is -2.52. The molecule has 1 aliphatic carbocycles. The third-order valence-electron chi connectivity index (χ3n) is 19.8. The van der Waals surface area contributed by atoms with Gasteiger partial charge in [0, 0.05) is 25.3 Å². The Morgan fingerprint density at radius 3 is 1.62 bits per heavy atom. The van der Waals surface area contributed by atoms with Gasteiger partial charge in [0.2, 0.25) is 23.8 Å². The molecule has 578 valence electrons. The molecule has 24 heteroatoms. The molecule has 13 rings (SSSR count). The minimum Gasteiger partial charge on any atom is -0.460 e. The minimum absolute atomic E-state index is 0.0383. The number of ether oxygens (including phenoxy) is 15. The first-order valence-corrected chi connectivity index (χ1v) is 37.0. The van der Waals surface area contributed by atoms with Gasteiger partial charge in [-0.3, -0.25) is 9.59 Å². The van der Waals surface area contributed by atoms with Crippen LogP contribution in [0.2, 0.25) is 0 Å². The molecule has 110 heavy (non-hydrogen) atoms. The van der Waals surface area contributed by atoms with E-state index in [2.05, 4.69) is 22.5 Å². The second-order valence-corrected chi connectivity index (χ2v) is 27.6. The predicted molar refractivity (Wildman–Crippen MR) is 399 cm³/mol. The largest absolute Gasteiger partial charge is 0.460 e. The van der Waals surface area contributed by atoms with E-state index < -0.39 is 141 Å². The van der Waals surface area contributed by atoms with Crippen molar-refractivity contribution in [3.05, 3.63) is 288 Å². The Bertz CT molecular complexity index is 4210. The molecular formula is C86H93N3O21. The number of hydrogen-bond donors (Lipinski definition) is 5. The molecule has 3 amide bonds. The van der Waals surface area contributed by atoms with Crippen LogP contribution in [0.4, 0.5) is 4.79 Å². The first-order valence-electron chi connectivity index (χ1n) is 37.0. The van der Waals surface area contributed by atoms with Gasteiger partial charge in [0.1, 0.15) is 80.3 Å². The van der Waals surface area contributed by atoms with E-state index in [4.69, 9.17) is 71.1 Å². The van der Waals surface area contributed by atoms with Crippen LogP contribution in [0.15, 0.2) is 243 Å². The molecule has 5 N–H and O–H groups in total. The van der Waals surface area contributed by atoms with E-state index in [-0.39, 0.29) is 65.4 Å². The Morgan fingerprint density at radius 2 is 1.06 bits per heavy atom. The van der Waals surface area contributed by atoms with Gasteiger partial charge in [-0.05, 0) is 57.0 Å². The highest BCUT2D eigenvalue weighted by Crippen LogP contribution is 2.45. The van der Waals surface area contributed by atoms with E-state index in [1.165, 1.54) is 19.9 Å². The Kier molecular flexibility index (Phi) is 27.2. The average molecular weight is 1500 g/mol. The molecule has 8 aromatic carbocycles. The second-order valence-electron chi connectivity index (χ2n) is 27.6. The van der Waals surface area contributed by atoms with E-state index in [1.54, 1.807) is 30.3 Å². The number of aliphatic hydroxyl groups is 2. The lowest BCUT2D eigenvalue weighted by atomic mass is 9.92. The fraction of sp³-hybridized carbons (Fsp3) is 0.372. The van der Waals surface area contributed by atoms with Gasteiger partial charge in [-0.1, -0.05) is 243 Å². The van der Waals surface area contributed by atoms with Gasteiger partial charge >= 0.3 is 12.1 Å². The molecule has 4 fully saturated rings. The summed E-state index contributed by atoms with van der Waals surface area (Å²) in [4.78, 5) is 55.9. The highest BCUT2D eigenvalue weighted by molar-refractivity contribution is 5.83. The second kappa shape index (κ2) is 38.0. The van der Waals surface area contributed by atoms with Gasteiger partial charge in [-0.15, -0.1) is 0 Å². The molecule has 4 heterocycles. The fourth-order valence-electron chi connectivity index (χ4n) is 14.5. The summed E-state index contributed by atoms with van der Waals surface area (Å²) < 4.78 is 101. The molecule has 18 atom stereocenters. The molecule has 0 aromatic heterocycles. The summed E-state index contributed by atoms with van der Waals surface area (Å²) in [7, 11) is 0. The lowest BCUT2D eigenvalue weighted by Crippen LogP contribution is -2.75. The van der Waals surface area contributed by atoms with Crippen molar-refractivity contribution in [3.8, 4) is 11.1 Å². The van der Waals surface area contributed by atoms with Crippen LogP contribution in [0.25, 0.3) is 11.1 Å². The molecule has 4 aliphatic heterocycles. The lowest BCUT2D eigenvalue weighted by molar-refractivity contribution is -0.393. The van der Waals surface area contributed by atoms with Crippen molar-refractivity contribution < 1.29 is 100 Å². The first kappa shape index (κ1) is 78.7. The zero-order valence-electron chi connectivity index (χ0n) is 61.3. The van der Waals surface area contributed by atoms with E-state index in [0.29, 0.717) is 5.56 Å². The Hall–Kier alpha value is -9.42. The van der Waals surface area contributed by atoms with Crippen LogP contribution in [-0.4, -0.2) is 171 Å². The Morgan fingerprint density at radius 1 is 0.545 bits per heavy atom. The average Bonchev–Trinajstić information content (AvgIpc) is 1.43. The molecule has 0 radical (unpaired) electrons. The van der Waals surface area contributed by atoms with Crippen LogP contribution >= 0.6 is 0 Å². The van der Waals surface area contributed by atoms with E-state index in [0.717, 1.165) is 57.0 Å². The number of carbonyl (C=O) groups excluding carboxylic acids is 4. The quantitative estimate of drug-likeness (QED) is 0.0145. The monoisotopic (exact) mass is 1500 g/mol. The third kappa shape index (κ3) is 19.6. The number of esters is 1. The standard InChI is InChI=1S/C86H93N3O21/c1-5-44-97-80(93)71(88-85(94)104-50-67-65-42-26-24-40-63(65)64-41-25-27-43-66(64)67)54(2)105-84-86(95,89-56(4)91)79(101-49-61-36-20-10-21-37-61)73(92)68(108-84)52-103-82-72(87-55(3)90)76(98-46-58-30-14-7-15-31-58)74(69(106-82)51-96-45-57-28-12-6-13-29-57)110-83-78(100-48-60-34-18-9-19-35-60)77(99-47-59-32-16-8-17-33-59)75-70(107-83)53-102-81(109-75)62-38-22-11-23-39-62/h5-43,54,67-79,81-84,92,95H,1,44-53H2,2-4H3,(H,87,90)(H,88,94)(H,89,91)/t54-,68-,69-,70-,71+,72-,73+,74-,75+,76-,77+,78-,79+,81?,82-,83+,84+,86-/m1/s1. The highest BCUT2D eigenvalue weighted by Gasteiger charge is 2.60. The number of rotatable bonds is 33. The maximum absolute atomic E-state index is 14.2. The molecule has 0 bridgehead atoms. The van der Waals surface area contributed by atoms with Gasteiger partial charge in [-0.25, -0.2) is 9.59 Å². The van der Waals surface area contributed by atoms with Crippen LogP contribution in [-0.2, 0) is 118 Å². The molecule has 0 saturated carbocycles. The van der Waals surface area contributed by atoms with Crippen molar-refractivity contribution >= 4 is 23.9 Å². The Labute approximate surface area is 639 Å². The van der Waals surface area contributed by atoms with E-state index in [1.807, 2.05) is 200 Å². The van der Waals surface area contributed by atoms with Crippen molar-refractivity contribution in [1.82, 2.24) is 16.0 Å². The molecular weight excluding hydrogens is 1410 g/mol. The molecule has 4 saturated heterocycles. The summed E-state index contributed by atoms with van der Waals surface area (Å²) in [5.41, 5.74) is 5.84. The van der Waals surface area contributed by atoms with Crippen molar-refractivity contribution in [2.24, 2.45) is 0 Å². The van der Waals surface area contributed by atoms with Crippen molar-refractivity contribution in [1.29, 1.82) is 0 Å². The predicted octanol–water partition coefficient (Wildman–Crippen LogP) is 9.97. The third-order valence-corrected chi connectivity index (χ3v) is 19.8. The van der Waals surface area contributed by atoms with Gasteiger partial charge in [0.05, 0.1) is 59.0 Å². The molecule has 8 aromatic rings. The highest BCUT2D eigenvalue weighted by atomic mass is 16.8. The fourth-order valence-corrected chi connectivity index (χ4v) is 14.5. The molecule has 0 spiro atoms. The van der Waals surface area contributed by atoms with Crippen molar-refractivity contribution in [2.75, 3.05) is 33.0 Å². The van der Waals surface area contributed by atoms with Crippen LogP contribution in [0.1, 0.15) is 77.5 Å². The SMILES string of the molecule is C=CCOC(=O)[C@@H](NC(=O)OCC1c2ccccc2-c2ccccc21)[C@@H](C)O[C@H]1O[C@H](CO[C@@H]2O[C@H](COCc3ccccc3)[C@@H](O[C@@H]3O[C@@H]4COC(c5ccccc5)O[C@@H]4[C@H](OCc4ccccc4)[C@H]3OCc3ccccc3)[C@H](OCc3ccccc3)[C@H]2NC(C)=O)[C@H](O)[C@H](OCc2ccccc2)[C@]1(O)NC(C)=O. The number of fused-ring (bicyclic) bond motifs is 4. The maximum atomic E-state index is 14.2. The molecule has 24 nitrogen and oxygen atoms in total. The van der Waals surface area contributed by atoms with Gasteiger partial charge in [0.15, 0.2) is 24.9 Å². The first-order chi connectivity index (χ1) is 53.7. The summed E-state index contributed by atoms with van der Waals surface area (Å²) in [5, 5.41) is 34.1. The molecule has 5 aliphatic rings. The summed E-state index contributed by atoms with van der Waals surface area (Å²) in [6.07, 6.45) is -19.3. The smallest absolute Gasteiger partial charge is 0.407 e. The summed E-state index contributed by atoms with van der Waals surface area (Å²) >= 11 is 0. The number of hydrogen-bond acceptors (Lipinski definition) is 21. The number of alkyl carbamates (subject to hydrolysis) is 1. The maximum Gasteiger partial charge on any atom is 0.407 e. The minimum atomic E-state index is -2.78. The topological polar surface area (TPSA) is 283 Å². The zero-order chi connectivity index (χ0) is 76.4. The van der Waals surface area contributed by atoms with Crippen LogP contribution in [0.3, 0.4) is 0 Å². The van der Waals surface area contributed by atoms with Crippen LogP contribution in [0, 0.1) is 0 Å². The van der Waals surface area contributed by atoms with E-state index in [9.17, 15) is 29.4 Å². The van der Waals surface area contributed by atoms with Gasteiger partial charge < -0.3 is 97.2 Å². The van der Waals surface area contributed by atoms with Crippen molar-refractivity contribution in [2.45, 2.75) is 170 Å². The summed E-state index contributed by atoms with van der Waals surface area (Å²) in [6.45, 7) is 6.44. The number of carbonyl (C=O) groups is 4. The van der Waals surface area contributed by atoms with Crippen molar-refractivity contribution in [3.63, 3.8) is 0 Å². The van der Waals surface area contributed by atoms with E-state index >= 15 is 0 Å². The van der Waals surface area contributed by atoms with Gasteiger partial charge in [-0.2, -0.15) is 0 Å². The number of benzene rings is 8. The summed E-state index contributed by atoms with van der Waals surface area (Å²) in [5.74, 6) is -2.67. The van der Waals surface area contributed by atoms with Gasteiger partial charge in [0.25, 0.3) is 0 Å². The summed E-state index contributed by atoms with van der Waals surface area (Å²) in [6, 6.07) is 69.4. The number of amides is 3. The van der Waals surface area contributed by atoms with Crippen LogP contribution < -0.4 is 16.0 Å².